The molecule has 21 heavy (non-hydrogen) atoms. The smallest absolute Gasteiger partial charge is 0.335 e. The maximum atomic E-state index is 11.1. The minimum absolute atomic E-state index is 0.0982. The van der Waals surface area contributed by atoms with Crippen LogP contribution >= 0.6 is 23.2 Å². The number of rotatable bonds is 4. The minimum atomic E-state index is -0.952. The molecule has 5 heteroatoms. The van der Waals surface area contributed by atoms with Gasteiger partial charge in [-0.3, -0.25) is 0 Å². The average Bonchev–Trinajstić information content (AvgIpc) is 2.43. The van der Waals surface area contributed by atoms with Crippen LogP contribution in [0.1, 0.15) is 34.5 Å². The highest BCUT2D eigenvalue weighted by molar-refractivity contribution is 6.33. The summed E-state index contributed by atoms with van der Waals surface area (Å²) in [5.74, 6) is -0.952. The van der Waals surface area contributed by atoms with Crippen molar-refractivity contribution in [2.45, 2.75) is 19.9 Å². The third kappa shape index (κ3) is 3.69. The first-order valence-electron chi connectivity index (χ1n) is 6.44. The monoisotopic (exact) mass is 323 g/mol. The zero-order valence-electron chi connectivity index (χ0n) is 11.7. The molecule has 0 aromatic heterocycles. The Morgan fingerprint density at radius 2 is 1.90 bits per heavy atom. The first-order chi connectivity index (χ1) is 9.88. The summed E-state index contributed by atoms with van der Waals surface area (Å²) in [5.41, 5.74) is 2.83. The molecule has 0 saturated carbocycles. The van der Waals surface area contributed by atoms with E-state index in [0.717, 1.165) is 16.8 Å². The van der Waals surface area contributed by atoms with Crippen LogP contribution in [0.3, 0.4) is 0 Å². The van der Waals surface area contributed by atoms with Crippen LogP contribution in [-0.4, -0.2) is 11.1 Å². The quantitative estimate of drug-likeness (QED) is 0.815. The van der Waals surface area contributed by atoms with E-state index in [-0.39, 0.29) is 11.6 Å². The van der Waals surface area contributed by atoms with Gasteiger partial charge in [0.05, 0.1) is 11.6 Å². The predicted molar refractivity (Wildman–Crippen MR) is 86.6 cm³/mol. The number of carboxylic acid groups (broad SMARTS) is 1. The molecule has 2 aromatic rings. The number of halogens is 2. The highest BCUT2D eigenvalue weighted by Crippen LogP contribution is 2.29. The fourth-order valence-corrected chi connectivity index (χ4v) is 2.53. The van der Waals surface area contributed by atoms with Crippen LogP contribution in [-0.2, 0) is 0 Å². The van der Waals surface area contributed by atoms with Gasteiger partial charge in [-0.05, 0) is 55.3 Å². The van der Waals surface area contributed by atoms with E-state index < -0.39 is 5.97 Å². The van der Waals surface area contributed by atoms with E-state index in [0.29, 0.717) is 10.0 Å². The molecule has 0 aliphatic heterocycles. The summed E-state index contributed by atoms with van der Waals surface area (Å²) >= 11 is 12.2. The normalized spacial score (nSPS) is 12.0. The van der Waals surface area contributed by atoms with E-state index in [1.165, 1.54) is 0 Å². The Hall–Kier alpha value is -1.71. The van der Waals surface area contributed by atoms with Crippen LogP contribution in [0.15, 0.2) is 36.4 Å². The molecule has 3 nitrogen and oxygen atoms in total. The number of hydrogen-bond acceptors (Lipinski definition) is 2. The van der Waals surface area contributed by atoms with Crippen molar-refractivity contribution in [3.05, 3.63) is 63.1 Å². The molecule has 0 radical (unpaired) electrons. The Kier molecular flexibility index (Phi) is 4.76. The maximum absolute atomic E-state index is 11.1. The zero-order valence-corrected chi connectivity index (χ0v) is 13.2. The van der Waals surface area contributed by atoms with Gasteiger partial charge < -0.3 is 10.4 Å². The highest BCUT2D eigenvalue weighted by Gasteiger charge is 2.13. The van der Waals surface area contributed by atoms with Gasteiger partial charge >= 0.3 is 5.97 Å². The van der Waals surface area contributed by atoms with Gasteiger partial charge in [0.25, 0.3) is 0 Å². The standard InChI is InChI=1S/C16H15Cl2NO2/c1-9-3-4-11(16(20)21)7-15(9)19-10(2)13-8-12(17)5-6-14(13)18/h3-8,10,19H,1-2H3,(H,20,21). The van der Waals surface area contributed by atoms with E-state index in [4.69, 9.17) is 28.3 Å². The molecule has 1 unspecified atom stereocenters. The number of carbonyl (C=O) groups is 1. The topological polar surface area (TPSA) is 49.3 Å². The number of carboxylic acids is 1. The summed E-state index contributed by atoms with van der Waals surface area (Å²) in [7, 11) is 0. The first-order valence-corrected chi connectivity index (χ1v) is 7.19. The number of hydrogen-bond donors (Lipinski definition) is 2. The molecule has 0 spiro atoms. The lowest BCUT2D eigenvalue weighted by atomic mass is 10.1. The molecule has 1 atom stereocenters. The van der Waals surface area contributed by atoms with Crippen LogP contribution in [0.25, 0.3) is 0 Å². The second kappa shape index (κ2) is 6.37. The van der Waals surface area contributed by atoms with Crippen molar-refractivity contribution in [1.29, 1.82) is 0 Å². The lowest BCUT2D eigenvalue weighted by Gasteiger charge is -2.19. The number of benzene rings is 2. The van der Waals surface area contributed by atoms with Crippen molar-refractivity contribution in [2.24, 2.45) is 0 Å². The van der Waals surface area contributed by atoms with Gasteiger partial charge in [0, 0.05) is 15.7 Å². The van der Waals surface area contributed by atoms with E-state index in [1.54, 1.807) is 36.4 Å². The molecular weight excluding hydrogens is 309 g/mol. The van der Waals surface area contributed by atoms with Gasteiger partial charge in [0.15, 0.2) is 0 Å². The Balaban J connectivity index is 2.31. The van der Waals surface area contributed by atoms with Crippen molar-refractivity contribution in [2.75, 3.05) is 5.32 Å². The highest BCUT2D eigenvalue weighted by atomic mass is 35.5. The SMILES string of the molecule is Cc1ccc(C(=O)O)cc1NC(C)c1cc(Cl)ccc1Cl. The second-order valence-corrected chi connectivity index (χ2v) is 5.71. The van der Waals surface area contributed by atoms with Crippen molar-refractivity contribution >= 4 is 34.9 Å². The van der Waals surface area contributed by atoms with E-state index in [9.17, 15) is 4.79 Å². The maximum Gasteiger partial charge on any atom is 0.335 e. The number of aromatic carboxylic acids is 1. The molecule has 0 saturated heterocycles. The summed E-state index contributed by atoms with van der Waals surface area (Å²) in [6.45, 7) is 3.87. The number of nitrogens with one attached hydrogen (secondary N) is 1. The van der Waals surface area contributed by atoms with Crippen molar-refractivity contribution in [3.63, 3.8) is 0 Å². The summed E-state index contributed by atoms with van der Waals surface area (Å²) in [6, 6.07) is 10.2. The Labute approximate surface area is 133 Å². The second-order valence-electron chi connectivity index (χ2n) is 4.87. The summed E-state index contributed by atoms with van der Waals surface area (Å²) < 4.78 is 0. The molecule has 110 valence electrons. The van der Waals surface area contributed by atoms with Crippen LogP contribution in [0.2, 0.25) is 10.0 Å². The largest absolute Gasteiger partial charge is 0.478 e. The van der Waals surface area contributed by atoms with Crippen LogP contribution in [0.4, 0.5) is 5.69 Å². The van der Waals surface area contributed by atoms with Gasteiger partial charge in [-0.1, -0.05) is 29.3 Å². The van der Waals surface area contributed by atoms with Gasteiger partial charge in [-0.2, -0.15) is 0 Å². The van der Waals surface area contributed by atoms with Crippen LogP contribution in [0.5, 0.6) is 0 Å². The number of anilines is 1. The van der Waals surface area contributed by atoms with Gasteiger partial charge in [-0.25, -0.2) is 4.79 Å². The molecule has 0 heterocycles. The van der Waals surface area contributed by atoms with E-state index >= 15 is 0 Å². The number of aryl methyl sites for hydroxylation is 1. The lowest BCUT2D eigenvalue weighted by molar-refractivity contribution is 0.0697. The molecule has 0 fully saturated rings. The molecule has 2 N–H and O–H groups in total. The third-order valence-electron chi connectivity index (χ3n) is 3.28. The Bertz CT molecular complexity index is 686. The Morgan fingerprint density at radius 1 is 1.19 bits per heavy atom. The Morgan fingerprint density at radius 3 is 2.57 bits per heavy atom. The van der Waals surface area contributed by atoms with E-state index in [2.05, 4.69) is 5.32 Å². The van der Waals surface area contributed by atoms with Crippen LogP contribution < -0.4 is 5.32 Å². The zero-order chi connectivity index (χ0) is 15.6. The molecule has 2 rings (SSSR count). The average molecular weight is 324 g/mol. The predicted octanol–water partition coefficient (Wildman–Crippen LogP) is 5.17. The molecule has 0 aliphatic carbocycles. The molecule has 0 aliphatic rings. The molecule has 0 bridgehead atoms. The van der Waals surface area contributed by atoms with Gasteiger partial charge in [0.1, 0.15) is 0 Å². The fraction of sp³-hybridized carbons (Fsp3) is 0.188. The van der Waals surface area contributed by atoms with Gasteiger partial charge in [-0.15, -0.1) is 0 Å². The van der Waals surface area contributed by atoms with Crippen molar-refractivity contribution in [1.82, 2.24) is 0 Å². The third-order valence-corrected chi connectivity index (χ3v) is 3.86. The summed E-state index contributed by atoms with van der Waals surface area (Å²) in [6.07, 6.45) is 0. The molecule has 2 aromatic carbocycles. The van der Waals surface area contributed by atoms with E-state index in [1.807, 2.05) is 13.8 Å². The lowest BCUT2D eigenvalue weighted by Crippen LogP contribution is -2.09. The minimum Gasteiger partial charge on any atom is -0.478 e. The molecular formula is C16H15Cl2NO2. The fourth-order valence-electron chi connectivity index (χ4n) is 2.07. The van der Waals surface area contributed by atoms with Crippen molar-refractivity contribution < 1.29 is 9.90 Å². The van der Waals surface area contributed by atoms with Crippen LogP contribution in [0, 0.1) is 6.92 Å². The summed E-state index contributed by atoms with van der Waals surface area (Å²) in [5, 5.41) is 13.6. The summed E-state index contributed by atoms with van der Waals surface area (Å²) in [4.78, 5) is 11.1. The first kappa shape index (κ1) is 15.7. The van der Waals surface area contributed by atoms with Gasteiger partial charge in [0.2, 0.25) is 0 Å². The molecule has 0 amide bonds. The van der Waals surface area contributed by atoms with Crippen molar-refractivity contribution in [3.8, 4) is 0 Å².